The van der Waals surface area contributed by atoms with Crippen molar-refractivity contribution in [1.82, 2.24) is 0 Å². The number of nitrogens with zero attached hydrogens (tertiary/aromatic N) is 1. The first-order valence-electron chi connectivity index (χ1n) is 5.70. The molecule has 90 valence electrons. The van der Waals surface area contributed by atoms with Gasteiger partial charge < -0.3 is 21.2 Å². The van der Waals surface area contributed by atoms with E-state index in [9.17, 15) is 0 Å². The summed E-state index contributed by atoms with van der Waals surface area (Å²) in [5.41, 5.74) is 1.44. The van der Waals surface area contributed by atoms with E-state index in [2.05, 4.69) is 48.6 Å². The number of benzene rings is 1. The fourth-order valence-electron chi connectivity index (χ4n) is 2.88. The van der Waals surface area contributed by atoms with E-state index in [-0.39, 0.29) is 40.0 Å². The second-order valence-electron chi connectivity index (χ2n) is 5.72. The number of hydrogen-bond donors (Lipinski definition) is 0. The average molecular weight is 339 g/mol. The third-order valence-electron chi connectivity index (χ3n) is 3.52. The van der Waals surface area contributed by atoms with Crippen molar-refractivity contribution in [1.29, 1.82) is 0 Å². The van der Waals surface area contributed by atoms with E-state index < -0.39 is 16.5 Å². The van der Waals surface area contributed by atoms with Crippen LogP contribution in [0.2, 0.25) is 38.3 Å². The molecule has 0 spiro atoms. The SMILES string of the molecule is C[Si]1(C)CC[Si](C)(C)N1c1cc[c-]cc1.[Br-].[Mg+2]. The molecule has 17 heavy (non-hydrogen) atoms. The van der Waals surface area contributed by atoms with Gasteiger partial charge in [-0.25, -0.2) is 0 Å². The predicted octanol–water partition coefficient (Wildman–Crippen LogP) is 0.340. The summed E-state index contributed by atoms with van der Waals surface area (Å²) in [6.45, 7) is 10.0. The minimum Gasteiger partial charge on any atom is -1.00 e. The molecule has 0 bridgehead atoms. The molecule has 5 heteroatoms. The molecule has 1 aromatic rings. The monoisotopic (exact) mass is 337 g/mol. The van der Waals surface area contributed by atoms with Gasteiger partial charge in [-0.05, 0) is 12.1 Å². The van der Waals surface area contributed by atoms with E-state index in [1.807, 2.05) is 12.1 Å². The molecule has 1 nitrogen and oxygen atoms in total. The Morgan fingerprint density at radius 2 is 1.41 bits per heavy atom. The van der Waals surface area contributed by atoms with Crippen LogP contribution >= 0.6 is 0 Å². The van der Waals surface area contributed by atoms with Crippen LogP contribution in [0, 0.1) is 6.07 Å². The van der Waals surface area contributed by atoms with Crippen LogP contribution in [0.15, 0.2) is 24.3 Å². The summed E-state index contributed by atoms with van der Waals surface area (Å²) in [7, 11) is -2.33. The molecule has 0 aromatic heterocycles. The zero-order chi connectivity index (χ0) is 11.1. The zero-order valence-corrected chi connectivity index (χ0v) is 16.3. The summed E-state index contributed by atoms with van der Waals surface area (Å²) in [6.07, 6.45) is 0. The molecular formula is C12H20BrMgNSi2. The Bertz CT molecular complexity index is 341. The van der Waals surface area contributed by atoms with Crippen LogP contribution in [0.25, 0.3) is 0 Å². The number of rotatable bonds is 1. The fourth-order valence-corrected chi connectivity index (χ4v) is 17.1. The van der Waals surface area contributed by atoms with Crippen LogP contribution < -0.4 is 21.2 Å². The van der Waals surface area contributed by atoms with Crippen LogP contribution in [-0.4, -0.2) is 39.5 Å². The first-order valence-corrected chi connectivity index (χ1v) is 12.0. The molecule has 0 amide bonds. The molecule has 0 N–H and O–H groups in total. The van der Waals surface area contributed by atoms with Gasteiger partial charge in [0.1, 0.15) is 16.5 Å². The van der Waals surface area contributed by atoms with Gasteiger partial charge in [0.25, 0.3) is 0 Å². The molecule has 1 fully saturated rings. The third kappa shape index (κ3) is 3.59. The maximum atomic E-state index is 3.12. The standard InChI is InChI=1S/C12H20NSi2.BrH.Mg/c1-14(2)10-11-15(3,4)13(14)12-8-6-5-7-9-12;;/h6-9H,10-11H2,1-4H3;1H;/q-1;;+2/p-1. The van der Waals surface area contributed by atoms with Gasteiger partial charge in [0.2, 0.25) is 0 Å². The van der Waals surface area contributed by atoms with Crippen molar-refractivity contribution in [2.24, 2.45) is 0 Å². The van der Waals surface area contributed by atoms with E-state index in [1.54, 1.807) is 0 Å². The van der Waals surface area contributed by atoms with Crippen molar-refractivity contribution >= 4 is 45.2 Å². The Balaban J connectivity index is 0.00000128. The third-order valence-corrected chi connectivity index (χ3v) is 13.5. The predicted molar refractivity (Wildman–Crippen MR) is 78.1 cm³/mol. The van der Waals surface area contributed by atoms with Crippen LogP contribution in [0.3, 0.4) is 0 Å². The molecule has 0 saturated carbocycles. The van der Waals surface area contributed by atoms with Gasteiger partial charge in [-0.3, -0.25) is 0 Å². The number of halogens is 1. The molecule has 1 aliphatic heterocycles. The minimum atomic E-state index is -1.16. The van der Waals surface area contributed by atoms with Crippen molar-refractivity contribution in [3.63, 3.8) is 0 Å². The Hall–Kier alpha value is 0.700. The summed E-state index contributed by atoms with van der Waals surface area (Å²) in [5.74, 6) is 0. The normalized spacial score (nSPS) is 20.4. The molecule has 0 radical (unpaired) electrons. The molecule has 2 rings (SSSR count). The van der Waals surface area contributed by atoms with Crippen molar-refractivity contribution in [2.75, 3.05) is 4.23 Å². The Morgan fingerprint density at radius 1 is 1.00 bits per heavy atom. The van der Waals surface area contributed by atoms with E-state index >= 15 is 0 Å². The fraction of sp³-hybridized carbons (Fsp3) is 0.500. The van der Waals surface area contributed by atoms with Gasteiger partial charge in [0.15, 0.2) is 0 Å². The average Bonchev–Trinajstić information content (AvgIpc) is 2.37. The van der Waals surface area contributed by atoms with E-state index in [1.165, 1.54) is 17.8 Å². The molecule has 0 atom stereocenters. The molecule has 1 heterocycles. The molecule has 1 aromatic carbocycles. The number of hydrogen-bond acceptors (Lipinski definition) is 1. The van der Waals surface area contributed by atoms with Crippen molar-refractivity contribution < 1.29 is 17.0 Å². The van der Waals surface area contributed by atoms with E-state index in [4.69, 9.17) is 0 Å². The van der Waals surface area contributed by atoms with Gasteiger partial charge in [0.05, 0.1) is 0 Å². The molecular weight excluding hydrogens is 319 g/mol. The topological polar surface area (TPSA) is 3.24 Å². The van der Waals surface area contributed by atoms with Gasteiger partial charge in [-0.2, -0.15) is 18.2 Å². The zero-order valence-electron chi connectivity index (χ0n) is 11.3. The van der Waals surface area contributed by atoms with Gasteiger partial charge >= 0.3 is 23.1 Å². The Labute approximate surface area is 134 Å². The largest absolute Gasteiger partial charge is 2.00 e. The summed E-state index contributed by atoms with van der Waals surface area (Å²) in [5, 5.41) is 0. The summed E-state index contributed by atoms with van der Waals surface area (Å²) in [6, 6.07) is 14.6. The quantitative estimate of drug-likeness (QED) is 0.527. The first kappa shape index (κ1) is 17.7. The van der Waals surface area contributed by atoms with Gasteiger partial charge in [-0.1, -0.05) is 31.9 Å². The molecule has 1 saturated heterocycles. The van der Waals surface area contributed by atoms with Crippen molar-refractivity contribution in [3.05, 3.63) is 30.3 Å². The van der Waals surface area contributed by atoms with E-state index in [0.29, 0.717) is 0 Å². The Morgan fingerprint density at radius 3 is 1.82 bits per heavy atom. The summed E-state index contributed by atoms with van der Waals surface area (Å²) >= 11 is 0. The summed E-state index contributed by atoms with van der Waals surface area (Å²) < 4.78 is 2.83. The van der Waals surface area contributed by atoms with Crippen LogP contribution in [0.1, 0.15) is 0 Å². The van der Waals surface area contributed by atoms with Crippen molar-refractivity contribution in [3.8, 4) is 0 Å². The van der Waals surface area contributed by atoms with E-state index in [0.717, 1.165) is 0 Å². The first-order chi connectivity index (χ1) is 6.93. The smallest absolute Gasteiger partial charge is 1.00 e. The van der Waals surface area contributed by atoms with Crippen LogP contribution in [0.4, 0.5) is 5.69 Å². The molecule has 0 unspecified atom stereocenters. The van der Waals surface area contributed by atoms with Gasteiger partial charge in [0, 0.05) is 0 Å². The second kappa shape index (κ2) is 6.23. The van der Waals surface area contributed by atoms with Crippen LogP contribution in [-0.2, 0) is 0 Å². The maximum Gasteiger partial charge on any atom is 2.00 e. The molecule has 0 aliphatic carbocycles. The van der Waals surface area contributed by atoms with Crippen molar-refractivity contribution in [2.45, 2.75) is 38.3 Å². The van der Waals surface area contributed by atoms with Crippen LogP contribution in [0.5, 0.6) is 0 Å². The minimum absolute atomic E-state index is 0. The Kier molecular flexibility index (Phi) is 6.49. The maximum absolute atomic E-state index is 3.12. The summed E-state index contributed by atoms with van der Waals surface area (Å²) in [4.78, 5) is 0. The molecule has 1 aliphatic rings. The van der Waals surface area contributed by atoms with Gasteiger partial charge in [-0.15, -0.1) is 12.1 Å². The second-order valence-corrected chi connectivity index (χ2v) is 15.3. The number of anilines is 1.